The van der Waals surface area contributed by atoms with Crippen LogP contribution in [0, 0.1) is 17.8 Å². The Morgan fingerprint density at radius 3 is 1.54 bits per heavy atom. The Morgan fingerprint density at radius 1 is 0.563 bits per heavy atom. The fraction of sp³-hybridized carbons (Fsp3) is 0.507. The number of hydrogen-bond acceptors (Lipinski definition) is 11. The molecule has 2 aliphatic heterocycles. The van der Waals surface area contributed by atoms with Crippen LogP contribution in [0.1, 0.15) is 117 Å². The minimum atomic E-state index is -0.725. The van der Waals surface area contributed by atoms with Gasteiger partial charge in [-0.15, -0.1) is 0 Å². The molecule has 2 fully saturated rings. The lowest BCUT2D eigenvalue weighted by Gasteiger charge is -2.32. The lowest BCUT2D eigenvalue weighted by atomic mass is 10.0. The van der Waals surface area contributed by atoms with Gasteiger partial charge in [-0.1, -0.05) is 123 Å². The summed E-state index contributed by atoms with van der Waals surface area (Å²) in [5.74, 6) is -2.33. The highest BCUT2D eigenvalue weighted by Gasteiger charge is 2.34. The summed E-state index contributed by atoms with van der Waals surface area (Å²) in [5, 5.41) is 12.5. The van der Waals surface area contributed by atoms with Crippen molar-refractivity contribution >= 4 is 64.9 Å². The molecule has 8 rings (SSSR count). The van der Waals surface area contributed by atoms with Gasteiger partial charge in [-0.2, -0.15) is 11.8 Å². The van der Waals surface area contributed by atoms with E-state index in [1.165, 1.54) is 31.4 Å². The van der Waals surface area contributed by atoms with Crippen molar-refractivity contribution in [1.82, 2.24) is 40.9 Å². The third-order valence-electron chi connectivity index (χ3n) is 15.8. The van der Waals surface area contributed by atoms with E-state index in [1.54, 1.807) is 12.1 Å². The quantitative estimate of drug-likeness (QED) is 0.0559. The lowest BCUT2D eigenvalue weighted by Crippen LogP contribution is -2.55. The van der Waals surface area contributed by atoms with Gasteiger partial charge >= 0.3 is 0 Å². The van der Waals surface area contributed by atoms with Crippen LogP contribution >= 0.6 is 11.8 Å². The van der Waals surface area contributed by atoms with E-state index in [1.807, 2.05) is 117 Å². The van der Waals surface area contributed by atoms with Crippen molar-refractivity contribution in [2.45, 2.75) is 134 Å². The minimum absolute atomic E-state index is 0.00932. The third kappa shape index (κ3) is 24.6. The molecule has 0 spiro atoms. The van der Waals surface area contributed by atoms with E-state index in [9.17, 15) is 43.2 Å². The van der Waals surface area contributed by atoms with Crippen LogP contribution in [0.4, 0.5) is 0 Å². The van der Waals surface area contributed by atoms with Gasteiger partial charge in [-0.05, 0) is 116 Å². The zero-order chi connectivity index (χ0) is 62.1. The molecular formula is C67H90N10O9S. The maximum atomic E-state index is 14.6. The standard InChI is InChI=1S/C67H90N10O9S/c1-47(2)32-56-39-76(65(84)36-51-21-22-51)43-60(79)70-55(20-12-13-30-68)38-75(64(83)35-50-18-10-5-11-19-50)44-62(81)72-57(33-48-14-6-3-7-15-48)40-74(42-59(69)78)63(82)29-31-87-46-53-25-27-54(28-26-53)67(86)73-58(34-49-16-8-4-9-17-49)41-77(45-61(80)71-56)66(85)37-52-23-24-52/h3-11,14-19,25-28,47,51-52,55-58H,12-13,20-24,29-46,68H2,1-2H3,(H2,69,78)(H,70,79)(H,71,80)(H,72,81)(H,73,86)/t55-,56-,57-,58-/m0/s1. The summed E-state index contributed by atoms with van der Waals surface area (Å²) in [4.78, 5) is 133. The van der Waals surface area contributed by atoms with E-state index in [-0.39, 0.29) is 119 Å². The molecule has 0 saturated heterocycles. The van der Waals surface area contributed by atoms with Gasteiger partial charge in [0.25, 0.3) is 5.91 Å². The average Bonchev–Trinajstić information content (AvgIpc) is 4.53. The number of thioether (sulfide) groups is 1. The molecule has 0 aromatic heterocycles. The monoisotopic (exact) mass is 1210 g/mol. The average molecular weight is 1210 g/mol. The molecule has 4 aromatic rings. The predicted octanol–water partition coefficient (Wildman–Crippen LogP) is 5.18. The summed E-state index contributed by atoms with van der Waals surface area (Å²) < 4.78 is 0. The van der Waals surface area contributed by atoms with Gasteiger partial charge in [0.1, 0.15) is 0 Å². The molecule has 2 bridgehead atoms. The largest absolute Gasteiger partial charge is 0.368 e. The van der Waals surface area contributed by atoms with Crippen molar-refractivity contribution in [2.24, 2.45) is 29.2 Å². The molecule has 19 nitrogen and oxygen atoms in total. The molecule has 20 heteroatoms. The number of hydrogen-bond donors (Lipinski definition) is 6. The van der Waals surface area contributed by atoms with E-state index in [0.29, 0.717) is 55.7 Å². The second kappa shape index (κ2) is 34.7. The summed E-state index contributed by atoms with van der Waals surface area (Å²) in [5.41, 5.74) is 15.5. The van der Waals surface area contributed by atoms with Crippen LogP contribution in [0.3, 0.4) is 0 Å². The molecule has 0 radical (unpaired) electrons. The zero-order valence-corrected chi connectivity index (χ0v) is 51.5. The second-order valence-corrected chi connectivity index (χ2v) is 25.4. The van der Waals surface area contributed by atoms with Crippen LogP contribution in [0.25, 0.3) is 0 Å². The fourth-order valence-corrected chi connectivity index (χ4v) is 11.9. The maximum Gasteiger partial charge on any atom is 0.251 e. The van der Waals surface area contributed by atoms with Crippen LogP contribution in [0.2, 0.25) is 0 Å². The third-order valence-corrected chi connectivity index (χ3v) is 16.9. The van der Waals surface area contributed by atoms with Gasteiger partial charge in [0.05, 0.1) is 44.7 Å². The molecule has 2 heterocycles. The number of nitrogens with two attached hydrogens (primary N) is 2. The number of amides is 9. The van der Waals surface area contributed by atoms with Crippen LogP contribution in [0.15, 0.2) is 115 Å². The maximum absolute atomic E-state index is 14.6. The number of carbonyl (C=O) groups excluding carboxylic acids is 9. The van der Waals surface area contributed by atoms with Crippen LogP contribution in [0.5, 0.6) is 0 Å². The molecule has 2 aliphatic carbocycles. The molecular weight excluding hydrogens is 1120 g/mol. The van der Waals surface area contributed by atoms with Gasteiger partial charge in [0, 0.05) is 74.6 Å². The minimum Gasteiger partial charge on any atom is -0.368 e. The van der Waals surface area contributed by atoms with Gasteiger partial charge in [0.2, 0.25) is 47.3 Å². The van der Waals surface area contributed by atoms with Gasteiger partial charge in [-0.3, -0.25) is 43.2 Å². The van der Waals surface area contributed by atoms with Gasteiger partial charge < -0.3 is 52.3 Å². The Hall–Kier alpha value is -7.58. The van der Waals surface area contributed by atoms with E-state index in [4.69, 9.17) is 11.5 Å². The number of unbranched alkanes of at least 4 members (excludes halogenated alkanes) is 1. The van der Waals surface area contributed by atoms with Crippen LogP contribution in [-0.4, -0.2) is 162 Å². The first-order chi connectivity index (χ1) is 41.9. The number of primary amides is 1. The van der Waals surface area contributed by atoms with Gasteiger partial charge in [-0.25, -0.2) is 0 Å². The predicted molar refractivity (Wildman–Crippen MR) is 337 cm³/mol. The summed E-state index contributed by atoms with van der Waals surface area (Å²) in [6.45, 7) is 2.88. The molecule has 0 unspecified atom stereocenters. The number of nitrogens with one attached hydrogen (secondary N) is 4. The Bertz CT molecular complexity index is 2890. The highest BCUT2D eigenvalue weighted by molar-refractivity contribution is 7.98. The smallest absolute Gasteiger partial charge is 0.251 e. The molecule has 2 saturated carbocycles. The molecule has 87 heavy (non-hydrogen) atoms. The van der Waals surface area contributed by atoms with E-state index in [0.717, 1.165) is 47.9 Å². The Balaban J connectivity index is 1.22. The zero-order valence-electron chi connectivity index (χ0n) is 50.7. The van der Waals surface area contributed by atoms with E-state index in [2.05, 4.69) is 21.3 Å². The van der Waals surface area contributed by atoms with Crippen molar-refractivity contribution in [1.29, 1.82) is 0 Å². The van der Waals surface area contributed by atoms with Gasteiger partial charge in [0.15, 0.2) is 0 Å². The highest BCUT2D eigenvalue weighted by atomic mass is 32.2. The Labute approximate surface area is 517 Å². The molecule has 4 aliphatic rings. The molecule has 8 N–H and O–H groups in total. The first kappa shape index (κ1) is 66.9. The molecule has 4 atom stereocenters. The normalized spacial score (nSPS) is 20.6. The van der Waals surface area contributed by atoms with E-state index >= 15 is 0 Å². The number of benzene rings is 4. The number of fused-ring (bicyclic) bond motifs is 29. The Kier molecular flexibility index (Phi) is 26.7. The van der Waals surface area contributed by atoms with Crippen LogP contribution < -0.4 is 32.7 Å². The second-order valence-electron chi connectivity index (χ2n) is 24.3. The molecule has 468 valence electrons. The van der Waals surface area contributed by atoms with Crippen LogP contribution in [-0.2, 0) is 63.4 Å². The Morgan fingerprint density at radius 2 is 1.03 bits per heavy atom. The topological polar surface area (TPSA) is 267 Å². The number of carbonyl (C=O) groups is 9. The van der Waals surface area contributed by atoms with Crippen molar-refractivity contribution in [3.05, 3.63) is 143 Å². The van der Waals surface area contributed by atoms with E-state index < -0.39 is 60.9 Å². The summed E-state index contributed by atoms with van der Waals surface area (Å²) in [6.07, 6.45) is 6.80. The number of nitrogens with zero attached hydrogens (tertiary/aromatic N) is 4. The first-order valence-corrected chi connectivity index (χ1v) is 32.2. The summed E-state index contributed by atoms with van der Waals surface area (Å²) >= 11 is 1.50. The number of rotatable bonds is 18. The SMILES string of the molecule is CC(C)C[C@H]1CN(C(=O)CC2CC2)CC(=O)N[C@@H](CCCCN)CN(C(=O)Cc2ccccc2)CC(=O)N[C@@H](Cc2ccccc2)CN(CC(N)=O)C(=O)CCSCc2ccc(cc2)C(=O)N[C@@H](Cc2ccccc2)CN(C(=O)CC2CC2)CC(=O)N1. The lowest BCUT2D eigenvalue weighted by molar-refractivity contribution is -0.139. The van der Waals surface area contributed by atoms with Crippen molar-refractivity contribution in [2.75, 3.05) is 64.7 Å². The van der Waals surface area contributed by atoms with Crippen molar-refractivity contribution < 1.29 is 43.2 Å². The summed E-state index contributed by atoms with van der Waals surface area (Å²) in [7, 11) is 0. The highest BCUT2D eigenvalue weighted by Crippen LogP contribution is 2.34. The molecule has 9 amide bonds. The molecule has 4 aromatic carbocycles. The van der Waals surface area contributed by atoms with Crippen molar-refractivity contribution in [3.8, 4) is 0 Å². The first-order valence-electron chi connectivity index (χ1n) is 31.0. The van der Waals surface area contributed by atoms with Crippen molar-refractivity contribution in [3.63, 3.8) is 0 Å². The summed E-state index contributed by atoms with van der Waals surface area (Å²) in [6, 6.07) is 32.7. The fourth-order valence-electron chi connectivity index (χ4n) is 11.0.